The minimum Gasteiger partial charge on any atom is -0.272 e. The number of nitrogens with one attached hydrogen (secondary N) is 1. The number of aromatic amines is 1. The Balaban J connectivity index is 2.35. The van der Waals surface area contributed by atoms with Crippen LogP contribution in [0.25, 0.3) is 16.6 Å². The highest BCUT2D eigenvalue weighted by Gasteiger charge is 2.09. The number of hydrogen-bond acceptors (Lipinski definition) is 3. The minimum absolute atomic E-state index is 0.270. The van der Waals surface area contributed by atoms with Gasteiger partial charge < -0.3 is 0 Å². The number of aromatic nitrogens is 4. The zero-order chi connectivity index (χ0) is 11.8. The summed E-state index contributed by atoms with van der Waals surface area (Å²) in [6.45, 7) is 0. The van der Waals surface area contributed by atoms with E-state index in [1.165, 1.54) is 4.68 Å². The van der Waals surface area contributed by atoms with Crippen LogP contribution in [0, 0.1) is 0 Å². The summed E-state index contributed by atoms with van der Waals surface area (Å²) in [6.07, 6.45) is 3.13. The number of hydrogen-bond donors (Lipinski definition) is 1. The summed E-state index contributed by atoms with van der Waals surface area (Å²) in [5, 5.41) is 11.7. The van der Waals surface area contributed by atoms with E-state index in [1.807, 2.05) is 0 Å². The number of benzene rings is 1. The van der Waals surface area contributed by atoms with Crippen molar-refractivity contribution in [2.45, 2.75) is 0 Å². The van der Waals surface area contributed by atoms with Crippen molar-refractivity contribution in [1.29, 1.82) is 0 Å². The maximum atomic E-state index is 12.1. The minimum atomic E-state index is -0.270. The van der Waals surface area contributed by atoms with E-state index in [4.69, 9.17) is 11.6 Å². The molecule has 2 aromatic heterocycles. The molecule has 5 nitrogen and oxygen atoms in total. The summed E-state index contributed by atoms with van der Waals surface area (Å²) in [4.78, 5) is 12.1. The summed E-state index contributed by atoms with van der Waals surface area (Å²) < 4.78 is 1.25. The molecule has 0 aliphatic rings. The third-order valence-corrected chi connectivity index (χ3v) is 2.79. The van der Waals surface area contributed by atoms with Gasteiger partial charge in [-0.25, -0.2) is 0 Å². The lowest BCUT2D eigenvalue weighted by atomic mass is 10.3. The van der Waals surface area contributed by atoms with Crippen molar-refractivity contribution >= 4 is 22.5 Å². The summed E-state index contributed by atoms with van der Waals surface area (Å²) in [5.41, 5.74) is 0.698. The van der Waals surface area contributed by atoms with E-state index in [1.54, 1.807) is 36.7 Å². The van der Waals surface area contributed by atoms with Crippen LogP contribution in [0.15, 0.2) is 41.5 Å². The van der Waals surface area contributed by atoms with E-state index in [0.29, 0.717) is 21.6 Å². The summed E-state index contributed by atoms with van der Waals surface area (Å²) in [7, 11) is 0. The first kappa shape index (κ1) is 10.0. The molecule has 3 rings (SSSR count). The molecular formula is C11H7ClN4O. The second-order valence-electron chi connectivity index (χ2n) is 3.51. The van der Waals surface area contributed by atoms with Gasteiger partial charge in [-0.1, -0.05) is 23.7 Å². The van der Waals surface area contributed by atoms with Crippen molar-refractivity contribution < 1.29 is 0 Å². The highest BCUT2D eigenvalue weighted by molar-refractivity contribution is 6.32. The molecule has 0 aliphatic carbocycles. The van der Waals surface area contributed by atoms with Crippen molar-refractivity contribution in [2.24, 2.45) is 0 Å². The maximum Gasteiger partial charge on any atom is 0.297 e. The van der Waals surface area contributed by atoms with Crippen LogP contribution in [-0.4, -0.2) is 20.0 Å². The second kappa shape index (κ2) is 3.71. The quantitative estimate of drug-likeness (QED) is 0.712. The first-order valence-electron chi connectivity index (χ1n) is 4.94. The Kier molecular flexibility index (Phi) is 2.19. The molecule has 6 heteroatoms. The number of fused-ring (bicyclic) bond motifs is 1. The smallest absolute Gasteiger partial charge is 0.272 e. The molecule has 0 unspecified atom stereocenters. The first-order valence-corrected chi connectivity index (χ1v) is 5.31. The van der Waals surface area contributed by atoms with Crippen molar-refractivity contribution in [3.05, 3.63) is 52.0 Å². The zero-order valence-electron chi connectivity index (χ0n) is 8.59. The molecule has 0 saturated heterocycles. The highest BCUT2D eigenvalue weighted by Crippen LogP contribution is 2.17. The topological polar surface area (TPSA) is 63.6 Å². The Morgan fingerprint density at radius 3 is 2.88 bits per heavy atom. The van der Waals surface area contributed by atoms with Crippen LogP contribution in [0.1, 0.15) is 0 Å². The van der Waals surface area contributed by atoms with Crippen LogP contribution < -0.4 is 5.56 Å². The average molecular weight is 247 g/mol. The fourth-order valence-electron chi connectivity index (χ4n) is 1.64. The molecular weight excluding hydrogens is 240 g/mol. The fourth-order valence-corrected chi connectivity index (χ4v) is 1.85. The summed E-state index contributed by atoms with van der Waals surface area (Å²) >= 11 is 6.03. The fraction of sp³-hybridized carbons (Fsp3) is 0. The molecule has 0 amide bonds. The van der Waals surface area contributed by atoms with Gasteiger partial charge in [0.25, 0.3) is 5.56 Å². The third kappa shape index (κ3) is 1.52. The van der Waals surface area contributed by atoms with Gasteiger partial charge >= 0.3 is 0 Å². The molecule has 1 aromatic carbocycles. The Morgan fingerprint density at radius 1 is 1.24 bits per heavy atom. The maximum absolute atomic E-state index is 12.1. The van der Waals surface area contributed by atoms with Crippen molar-refractivity contribution in [2.75, 3.05) is 0 Å². The van der Waals surface area contributed by atoms with Crippen LogP contribution in [0.2, 0.25) is 5.02 Å². The van der Waals surface area contributed by atoms with Gasteiger partial charge in [-0.3, -0.25) is 9.89 Å². The molecule has 0 saturated carbocycles. The average Bonchev–Trinajstić information content (AvgIpc) is 2.80. The van der Waals surface area contributed by atoms with Crippen LogP contribution in [-0.2, 0) is 0 Å². The van der Waals surface area contributed by atoms with Crippen molar-refractivity contribution in [3.63, 3.8) is 0 Å². The largest absolute Gasteiger partial charge is 0.297 e. The van der Waals surface area contributed by atoms with E-state index in [2.05, 4.69) is 15.3 Å². The molecule has 84 valence electrons. The van der Waals surface area contributed by atoms with E-state index in [0.717, 1.165) is 0 Å². The van der Waals surface area contributed by atoms with Gasteiger partial charge in [0.2, 0.25) is 0 Å². The number of H-pyrrole nitrogens is 1. The lowest BCUT2D eigenvalue weighted by Crippen LogP contribution is -2.21. The molecule has 3 aromatic rings. The monoisotopic (exact) mass is 246 g/mol. The van der Waals surface area contributed by atoms with Gasteiger partial charge in [-0.2, -0.15) is 14.9 Å². The van der Waals surface area contributed by atoms with Crippen molar-refractivity contribution in [3.8, 4) is 5.69 Å². The van der Waals surface area contributed by atoms with Gasteiger partial charge in [0.05, 0.1) is 23.1 Å². The van der Waals surface area contributed by atoms with Crippen LogP contribution in [0.4, 0.5) is 0 Å². The van der Waals surface area contributed by atoms with Crippen LogP contribution in [0.5, 0.6) is 0 Å². The SMILES string of the molecule is O=c1c2[nH]ncc2cnn1-c1ccccc1Cl. The highest BCUT2D eigenvalue weighted by atomic mass is 35.5. The lowest BCUT2D eigenvalue weighted by Gasteiger charge is -2.05. The summed E-state index contributed by atoms with van der Waals surface area (Å²) in [5.74, 6) is 0. The Morgan fingerprint density at radius 2 is 2.06 bits per heavy atom. The Labute approximate surface area is 101 Å². The van der Waals surface area contributed by atoms with Gasteiger partial charge in [0, 0.05) is 5.39 Å². The van der Waals surface area contributed by atoms with Gasteiger partial charge in [-0.05, 0) is 12.1 Å². The predicted molar refractivity (Wildman–Crippen MR) is 64.5 cm³/mol. The van der Waals surface area contributed by atoms with E-state index in [9.17, 15) is 4.79 Å². The predicted octanol–water partition coefficient (Wildman–Crippen LogP) is 1.76. The second-order valence-corrected chi connectivity index (χ2v) is 3.92. The molecule has 0 spiro atoms. The van der Waals surface area contributed by atoms with Gasteiger partial charge in [0.1, 0.15) is 5.52 Å². The van der Waals surface area contributed by atoms with Gasteiger partial charge in [-0.15, -0.1) is 0 Å². The Bertz CT molecular complexity index is 746. The zero-order valence-corrected chi connectivity index (χ0v) is 9.35. The molecule has 2 heterocycles. The normalized spacial score (nSPS) is 10.9. The third-order valence-electron chi connectivity index (χ3n) is 2.47. The molecule has 1 N–H and O–H groups in total. The first-order chi connectivity index (χ1) is 8.27. The lowest BCUT2D eigenvalue weighted by molar-refractivity contribution is 0.818. The molecule has 0 radical (unpaired) electrons. The van der Waals surface area contributed by atoms with Gasteiger partial charge in [0.15, 0.2) is 0 Å². The molecule has 0 aliphatic heterocycles. The molecule has 17 heavy (non-hydrogen) atoms. The summed E-state index contributed by atoms with van der Waals surface area (Å²) in [6, 6.07) is 7.04. The number of halogens is 1. The number of rotatable bonds is 1. The molecule has 0 atom stereocenters. The van der Waals surface area contributed by atoms with E-state index < -0.39 is 0 Å². The van der Waals surface area contributed by atoms with E-state index in [-0.39, 0.29) is 5.56 Å². The van der Waals surface area contributed by atoms with Crippen molar-refractivity contribution in [1.82, 2.24) is 20.0 Å². The van der Waals surface area contributed by atoms with Crippen LogP contribution in [0.3, 0.4) is 0 Å². The number of para-hydroxylation sites is 1. The van der Waals surface area contributed by atoms with E-state index >= 15 is 0 Å². The Hall–Kier alpha value is -2.14. The number of nitrogens with zero attached hydrogens (tertiary/aromatic N) is 3. The molecule has 0 bridgehead atoms. The van der Waals surface area contributed by atoms with Crippen LogP contribution >= 0.6 is 11.6 Å². The molecule has 0 fully saturated rings. The standard InChI is InChI=1S/C11H7ClN4O/c12-8-3-1-2-4-9(8)16-11(17)10-7(6-14-16)5-13-15-10/h1-6H,(H,13,15).